The van der Waals surface area contributed by atoms with E-state index in [4.69, 9.17) is 10.5 Å². The van der Waals surface area contributed by atoms with Crippen molar-refractivity contribution in [2.45, 2.75) is 32.4 Å². The summed E-state index contributed by atoms with van der Waals surface area (Å²) in [5, 5.41) is 2.55. The molecular formula is C12H23N3O3. The Bertz CT molecular complexity index is 307. The molecule has 2 amide bonds. The Kier molecular flexibility index (Phi) is 5.55. The van der Waals surface area contributed by atoms with Gasteiger partial charge < -0.3 is 20.7 Å². The SMILES string of the molecule is CNC(=O)C1COCCN1C(=O)[C@@H](N)CC(C)C. The van der Waals surface area contributed by atoms with Crippen LogP contribution in [-0.2, 0) is 14.3 Å². The Morgan fingerprint density at radius 3 is 2.72 bits per heavy atom. The van der Waals surface area contributed by atoms with Crippen molar-refractivity contribution >= 4 is 11.8 Å². The van der Waals surface area contributed by atoms with E-state index in [1.54, 1.807) is 7.05 Å². The first-order valence-electron chi connectivity index (χ1n) is 6.32. The minimum atomic E-state index is -0.561. The molecule has 18 heavy (non-hydrogen) atoms. The summed E-state index contributed by atoms with van der Waals surface area (Å²) in [4.78, 5) is 25.5. The molecule has 0 aromatic heterocycles. The van der Waals surface area contributed by atoms with E-state index in [2.05, 4.69) is 5.32 Å². The molecule has 0 radical (unpaired) electrons. The van der Waals surface area contributed by atoms with Gasteiger partial charge in [0, 0.05) is 13.6 Å². The van der Waals surface area contributed by atoms with E-state index in [0.29, 0.717) is 25.5 Å². The van der Waals surface area contributed by atoms with Gasteiger partial charge >= 0.3 is 0 Å². The lowest BCUT2D eigenvalue weighted by Crippen LogP contribution is -2.58. The molecule has 0 aromatic rings. The average molecular weight is 257 g/mol. The van der Waals surface area contributed by atoms with Gasteiger partial charge in [-0.25, -0.2) is 0 Å². The van der Waals surface area contributed by atoms with E-state index in [9.17, 15) is 9.59 Å². The third-order valence-corrected chi connectivity index (χ3v) is 3.00. The zero-order chi connectivity index (χ0) is 13.7. The van der Waals surface area contributed by atoms with Gasteiger partial charge in [0.1, 0.15) is 6.04 Å². The predicted octanol–water partition coefficient (Wildman–Crippen LogP) is -0.667. The van der Waals surface area contributed by atoms with Crippen molar-refractivity contribution in [3.8, 4) is 0 Å². The highest BCUT2D eigenvalue weighted by Gasteiger charge is 2.34. The van der Waals surface area contributed by atoms with Crippen LogP contribution in [0.4, 0.5) is 0 Å². The third kappa shape index (κ3) is 3.68. The topological polar surface area (TPSA) is 84.7 Å². The second-order valence-corrected chi connectivity index (χ2v) is 4.97. The van der Waals surface area contributed by atoms with Crippen LogP contribution >= 0.6 is 0 Å². The molecule has 1 saturated heterocycles. The van der Waals surface area contributed by atoms with Gasteiger partial charge in [-0.05, 0) is 12.3 Å². The van der Waals surface area contributed by atoms with E-state index in [0.717, 1.165) is 0 Å². The van der Waals surface area contributed by atoms with Crippen LogP contribution in [0.5, 0.6) is 0 Å². The second-order valence-electron chi connectivity index (χ2n) is 4.97. The molecule has 2 atom stereocenters. The molecule has 0 spiro atoms. The highest BCUT2D eigenvalue weighted by Crippen LogP contribution is 2.12. The summed E-state index contributed by atoms with van der Waals surface area (Å²) in [6.07, 6.45) is 0.622. The maximum atomic E-state index is 12.2. The molecule has 1 aliphatic rings. The Morgan fingerprint density at radius 1 is 1.50 bits per heavy atom. The van der Waals surface area contributed by atoms with Gasteiger partial charge in [0.25, 0.3) is 0 Å². The van der Waals surface area contributed by atoms with Gasteiger partial charge in [-0.15, -0.1) is 0 Å². The lowest BCUT2D eigenvalue weighted by atomic mass is 10.0. The van der Waals surface area contributed by atoms with Crippen LogP contribution in [0.15, 0.2) is 0 Å². The molecule has 0 bridgehead atoms. The monoisotopic (exact) mass is 257 g/mol. The van der Waals surface area contributed by atoms with Gasteiger partial charge in [-0.3, -0.25) is 9.59 Å². The fraction of sp³-hybridized carbons (Fsp3) is 0.833. The maximum absolute atomic E-state index is 12.2. The van der Waals surface area contributed by atoms with E-state index in [1.165, 1.54) is 4.90 Å². The van der Waals surface area contributed by atoms with E-state index in [1.807, 2.05) is 13.8 Å². The number of carbonyl (C=O) groups is 2. The fourth-order valence-corrected chi connectivity index (χ4v) is 2.07. The van der Waals surface area contributed by atoms with E-state index in [-0.39, 0.29) is 18.4 Å². The summed E-state index contributed by atoms with van der Waals surface area (Å²) in [7, 11) is 1.55. The standard InChI is InChI=1S/C12H23N3O3/c1-8(2)6-9(13)12(17)15-4-5-18-7-10(15)11(16)14-3/h8-10H,4-7,13H2,1-3H3,(H,14,16)/t9-,10?/m0/s1. The molecule has 104 valence electrons. The Labute approximate surface area is 108 Å². The average Bonchev–Trinajstić information content (AvgIpc) is 2.36. The number of nitrogens with zero attached hydrogens (tertiary/aromatic N) is 1. The largest absolute Gasteiger partial charge is 0.377 e. The summed E-state index contributed by atoms with van der Waals surface area (Å²) < 4.78 is 5.25. The lowest BCUT2D eigenvalue weighted by molar-refractivity contribution is -0.149. The van der Waals surface area contributed by atoms with E-state index < -0.39 is 12.1 Å². The number of rotatable bonds is 4. The number of hydrogen-bond donors (Lipinski definition) is 2. The van der Waals surface area contributed by atoms with Gasteiger partial charge in [0.05, 0.1) is 19.3 Å². The quantitative estimate of drug-likeness (QED) is 0.700. The number of nitrogens with one attached hydrogen (secondary N) is 1. The summed E-state index contributed by atoms with van der Waals surface area (Å²) in [5.41, 5.74) is 5.89. The molecule has 1 aliphatic heterocycles. The molecule has 1 rings (SSSR count). The van der Waals surface area contributed by atoms with Crippen molar-refractivity contribution in [1.82, 2.24) is 10.2 Å². The van der Waals surface area contributed by atoms with Crippen LogP contribution in [0.3, 0.4) is 0 Å². The van der Waals surface area contributed by atoms with Crippen LogP contribution in [0.1, 0.15) is 20.3 Å². The Hall–Kier alpha value is -1.14. The predicted molar refractivity (Wildman–Crippen MR) is 67.8 cm³/mol. The van der Waals surface area contributed by atoms with Crippen LogP contribution in [0.2, 0.25) is 0 Å². The molecule has 0 aliphatic carbocycles. The van der Waals surface area contributed by atoms with Crippen molar-refractivity contribution < 1.29 is 14.3 Å². The molecule has 6 nitrogen and oxygen atoms in total. The highest BCUT2D eigenvalue weighted by molar-refractivity contribution is 5.89. The Morgan fingerprint density at radius 2 is 2.17 bits per heavy atom. The molecule has 0 saturated carbocycles. The van der Waals surface area contributed by atoms with Crippen molar-refractivity contribution in [2.75, 3.05) is 26.8 Å². The first kappa shape index (κ1) is 14.9. The van der Waals surface area contributed by atoms with Crippen molar-refractivity contribution in [2.24, 2.45) is 11.7 Å². The van der Waals surface area contributed by atoms with Gasteiger partial charge in [-0.2, -0.15) is 0 Å². The van der Waals surface area contributed by atoms with Gasteiger partial charge in [-0.1, -0.05) is 13.8 Å². The number of carbonyl (C=O) groups excluding carboxylic acids is 2. The zero-order valence-electron chi connectivity index (χ0n) is 11.3. The van der Waals surface area contributed by atoms with Crippen molar-refractivity contribution in [3.63, 3.8) is 0 Å². The zero-order valence-corrected chi connectivity index (χ0v) is 11.3. The van der Waals surface area contributed by atoms with E-state index >= 15 is 0 Å². The summed E-state index contributed by atoms with van der Waals surface area (Å²) in [6.45, 7) is 5.14. The smallest absolute Gasteiger partial charge is 0.244 e. The molecule has 6 heteroatoms. The van der Waals surface area contributed by atoms with Crippen LogP contribution in [0.25, 0.3) is 0 Å². The molecule has 1 unspecified atom stereocenters. The van der Waals surface area contributed by atoms with Crippen molar-refractivity contribution in [3.05, 3.63) is 0 Å². The number of hydrogen-bond acceptors (Lipinski definition) is 4. The Balaban J connectivity index is 2.70. The van der Waals surface area contributed by atoms with Gasteiger partial charge in [0.2, 0.25) is 11.8 Å². The van der Waals surface area contributed by atoms with Crippen LogP contribution in [0, 0.1) is 5.92 Å². The molecule has 1 heterocycles. The van der Waals surface area contributed by atoms with Crippen LogP contribution < -0.4 is 11.1 Å². The number of nitrogens with two attached hydrogens (primary N) is 1. The fourth-order valence-electron chi connectivity index (χ4n) is 2.07. The molecule has 0 aromatic carbocycles. The third-order valence-electron chi connectivity index (χ3n) is 3.00. The molecule has 1 fully saturated rings. The van der Waals surface area contributed by atoms with Crippen molar-refractivity contribution in [1.29, 1.82) is 0 Å². The first-order chi connectivity index (χ1) is 8.47. The van der Waals surface area contributed by atoms with Crippen LogP contribution in [-0.4, -0.2) is 55.6 Å². The molecule has 3 N–H and O–H groups in total. The number of morpholine rings is 1. The maximum Gasteiger partial charge on any atom is 0.244 e. The summed E-state index contributed by atoms with van der Waals surface area (Å²) >= 11 is 0. The second kappa shape index (κ2) is 6.70. The minimum absolute atomic E-state index is 0.166. The van der Waals surface area contributed by atoms with Gasteiger partial charge in [0.15, 0.2) is 0 Å². The minimum Gasteiger partial charge on any atom is -0.377 e. The normalized spacial score (nSPS) is 21.8. The number of amides is 2. The number of ether oxygens (including phenoxy) is 1. The lowest BCUT2D eigenvalue weighted by Gasteiger charge is -2.36. The first-order valence-corrected chi connectivity index (χ1v) is 6.32. The summed E-state index contributed by atoms with van der Waals surface area (Å²) in [6, 6.07) is -1.11. The number of likely N-dealkylation sites (N-methyl/N-ethyl adjacent to an activating group) is 1. The molecular weight excluding hydrogens is 234 g/mol. The highest BCUT2D eigenvalue weighted by atomic mass is 16.5. The summed E-state index contributed by atoms with van der Waals surface area (Å²) in [5.74, 6) is -0.0242.